The molecule has 5 heteroatoms. The first kappa shape index (κ1) is 16.8. The Bertz CT molecular complexity index is 420. The third-order valence-corrected chi connectivity index (χ3v) is 3.35. The van der Waals surface area contributed by atoms with Gasteiger partial charge in [0.15, 0.2) is 0 Å². The molecule has 112 valence electrons. The maximum atomic E-state index is 11.7. The van der Waals surface area contributed by atoms with E-state index in [1.807, 2.05) is 31.2 Å². The first-order valence-corrected chi connectivity index (χ1v) is 6.97. The van der Waals surface area contributed by atoms with Crippen LogP contribution in [0.25, 0.3) is 0 Å². The van der Waals surface area contributed by atoms with E-state index in [0.29, 0.717) is 13.2 Å². The fourth-order valence-corrected chi connectivity index (χ4v) is 2.22. The van der Waals surface area contributed by atoms with Crippen molar-refractivity contribution in [1.82, 2.24) is 10.6 Å². The minimum Gasteiger partial charge on any atom is -0.493 e. The molecule has 2 N–H and O–H groups in total. The van der Waals surface area contributed by atoms with Gasteiger partial charge >= 0.3 is 0 Å². The van der Waals surface area contributed by atoms with Crippen LogP contribution in [0.2, 0.25) is 0 Å². The van der Waals surface area contributed by atoms with Gasteiger partial charge in [-0.2, -0.15) is 0 Å². The summed E-state index contributed by atoms with van der Waals surface area (Å²) in [6, 6.07) is 7.98. The number of hydrogen-bond donors (Lipinski definition) is 2. The molecule has 1 saturated heterocycles. The van der Waals surface area contributed by atoms with Crippen LogP contribution in [-0.4, -0.2) is 31.6 Å². The predicted molar refractivity (Wildman–Crippen MR) is 82.6 cm³/mol. The van der Waals surface area contributed by atoms with Crippen LogP contribution in [0, 0.1) is 6.92 Å². The number of carbonyl (C=O) groups excluding carboxylic acids is 1. The Balaban J connectivity index is 0.00000200. The van der Waals surface area contributed by atoms with Crippen LogP contribution < -0.4 is 15.4 Å². The van der Waals surface area contributed by atoms with Crippen LogP contribution in [-0.2, 0) is 4.79 Å². The number of benzene rings is 1. The Morgan fingerprint density at radius 3 is 2.95 bits per heavy atom. The lowest BCUT2D eigenvalue weighted by Crippen LogP contribution is -2.40. The Labute approximate surface area is 126 Å². The SMILES string of the molecule is Cc1ccccc1OCCCNC(=O)C1CCCN1.Cl. The van der Waals surface area contributed by atoms with E-state index in [-0.39, 0.29) is 24.4 Å². The van der Waals surface area contributed by atoms with Gasteiger partial charge in [0.2, 0.25) is 5.91 Å². The first-order valence-electron chi connectivity index (χ1n) is 6.97. The number of para-hydroxylation sites is 1. The van der Waals surface area contributed by atoms with Crippen molar-refractivity contribution in [1.29, 1.82) is 0 Å². The molecule has 1 unspecified atom stereocenters. The molecule has 20 heavy (non-hydrogen) atoms. The summed E-state index contributed by atoms with van der Waals surface area (Å²) in [4.78, 5) is 11.7. The number of hydrogen-bond acceptors (Lipinski definition) is 3. The standard InChI is InChI=1S/C15H22N2O2.ClH/c1-12-6-2-3-8-14(12)19-11-5-10-17-15(18)13-7-4-9-16-13;/h2-3,6,8,13,16H,4-5,7,9-11H2,1H3,(H,17,18);1H. The van der Waals surface area contributed by atoms with Gasteiger partial charge < -0.3 is 15.4 Å². The summed E-state index contributed by atoms with van der Waals surface area (Å²) in [5.41, 5.74) is 1.14. The summed E-state index contributed by atoms with van der Waals surface area (Å²) in [7, 11) is 0. The van der Waals surface area contributed by atoms with Crippen molar-refractivity contribution in [2.75, 3.05) is 19.7 Å². The quantitative estimate of drug-likeness (QED) is 0.790. The lowest BCUT2D eigenvalue weighted by atomic mass is 10.2. The Kier molecular flexibility index (Phi) is 7.41. The highest BCUT2D eigenvalue weighted by atomic mass is 35.5. The fourth-order valence-electron chi connectivity index (χ4n) is 2.22. The van der Waals surface area contributed by atoms with E-state index in [0.717, 1.165) is 37.1 Å². The summed E-state index contributed by atoms with van der Waals surface area (Å²) in [5, 5.41) is 6.13. The van der Waals surface area contributed by atoms with Crippen LogP contribution in [0.4, 0.5) is 0 Å². The lowest BCUT2D eigenvalue weighted by molar-refractivity contribution is -0.122. The van der Waals surface area contributed by atoms with Crippen molar-refractivity contribution in [2.45, 2.75) is 32.2 Å². The average molecular weight is 299 g/mol. The van der Waals surface area contributed by atoms with E-state index in [4.69, 9.17) is 4.74 Å². The van der Waals surface area contributed by atoms with Gasteiger partial charge in [0.05, 0.1) is 12.6 Å². The first-order chi connectivity index (χ1) is 9.27. The summed E-state index contributed by atoms with van der Waals surface area (Å²) < 4.78 is 5.68. The van der Waals surface area contributed by atoms with Crippen molar-refractivity contribution < 1.29 is 9.53 Å². The van der Waals surface area contributed by atoms with E-state index in [9.17, 15) is 4.79 Å². The van der Waals surface area contributed by atoms with Crippen molar-refractivity contribution in [2.24, 2.45) is 0 Å². The summed E-state index contributed by atoms with van der Waals surface area (Å²) in [6.07, 6.45) is 2.87. The third kappa shape index (κ3) is 5.02. The zero-order valence-electron chi connectivity index (χ0n) is 11.9. The molecule has 0 radical (unpaired) electrons. The van der Waals surface area contributed by atoms with E-state index >= 15 is 0 Å². The van der Waals surface area contributed by atoms with Crippen molar-refractivity contribution in [3.63, 3.8) is 0 Å². The number of ether oxygens (including phenoxy) is 1. The maximum absolute atomic E-state index is 11.7. The van der Waals surface area contributed by atoms with Crippen LogP contribution in [0.15, 0.2) is 24.3 Å². The van der Waals surface area contributed by atoms with Crippen LogP contribution in [0.1, 0.15) is 24.8 Å². The van der Waals surface area contributed by atoms with Crippen molar-refractivity contribution >= 4 is 18.3 Å². The lowest BCUT2D eigenvalue weighted by Gasteiger charge is -2.12. The van der Waals surface area contributed by atoms with Gasteiger partial charge in [-0.15, -0.1) is 12.4 Å². The smallest absolute Gasteiger partial charge is 0.237 e. The molecule has 1 aromatic rings. The Morgan fingerprint density at radius 1 is 1.45 bits per heavy atom. The normalized spacial score (nSPS) is 17.4. The molecule has 1 fully saturated rings. The van der Waals surface area contributed by atoms with Crippen LogP contribution in [0.3, 0.4) is 0 Å². The number of rotatable bonds is 6. The monoisotopic (exact) mass is 298 g/mol. The molecule has 1 amide bonds. The van der Waals surface area contributed by atoms with Gasteiger partial charge in [0.1, 0.15) is 5.75 Å². The van der Waals surface area contributed by atoms with Gasteiger partial charge in [-0.3, -0.25) is 4.79 Å². The van der Waals surface area contributed by atoms with Gasteiger partial charge in [-0.1, -0.05) is 18.2 Å². The summed E-state index contributed by atoms with van der Waals surface area (Å²) in [6.45, 7) is 4.28. The third-order valence-electron chi connectivity index (χ3n) is 3.35. The highest BCUT2D eigenvalue weighted by Gasteiger charge is 2.20. The summed E-state index contributed by atoms with van der Waals surface area (Å²) in [5.74, 6) is 1.04. The highest BCUT2D eigenvalue weighted by Crippen LogP contribution is 2.15. The molecule has 2 rings (SSSR count). The zero-order valence-corrected chi connectivity index (χ0v) is 12.7. The predicted octanol–water partition coefficient (Wildman–Crippen LogP) is 2.05. The van der Waals surface area contributed by atoms with E-state index in [1.165, 1.54) is 0 Å². The molecule has 1 atom stereocenters. The van der Waals surface area contributed by atoms with Gasteiger partial charge in [-0.25, -0.2) is 0 Å². The maximum Gasteiger partial charge on any atom is 0.237 e. The second-order valence-corrected chi connectivity index (χ2v) is 4.91. The number of aryl methyl sites for hydroxylation is 1. The molecule has 1 aliphatic rings. The topological polar surface area (TPSA) is 50.4 Å². The second kappa shape index (κ2) is 8.82. The molecular weight excluding hydrogens is 276 g/mol. The van der Waals surface area contributed by atoms with Gasteiger partial charge in [-0.05, 0) is 44.4 Å². The van der Waals surface area contributed by atoms with Gasteiger partial charge in [0.25, 0.3) is 0 Å². The van der Waals surface area contributed by atoms with Crippen molar-refractivity contribution in [3.05, 3.63) is 29.8 Å². The number of carbonyl (C=O) groups is 1. The van der Waals surface area contributed by atoms with Gasteiger partial charge in [0, 0.05) is 6.54 Å². The summed E-state index contributed by atoms with van der Waals surface area (Å²) >= 11 is 0. The molecule has 0 saturated carbocycles. The Hall–Kier alpha value is -1.26. The van der Waals surface area contributed by atoms with E-state index in [2.05, 4.69) is 10.6 Å². The van der Waals surface area contributed by atoms with Crippen LogP contribution >= 0.6 is 12.4 Å². The van der Waals surface area contributed by atoms with E-state index in [1.54, 1.807) is 0 Å². The Morgan fingerprint density at radius 2 is 2.25 bits per heavy atom. The molecule has 0 spiro atoms. The molecule has 1 aromatic carbocycles. The highest BCUT2D eigenvalue weighted by molar-refractivity contribution is 5.85. The second-order valence-electron chi connectivity index (χ2n) is 4.91. The minimum atomic E-state index is 0. The minimum absolute atomic E-state index is 0. The van der Waals surface area contributed by atoms with E-state index < -0.39 is 0 Å². The molecule has 4 nitrogen and oxygen atoms in total. The van der Waals surface area contributed by atoms with Crippen molar-refractivity contribution in [3.8, 4) is 5.75 Å². The van der Waals surface area contributed by atoms with Crippen LogP contribution in [0.5, 0.6) is 5.75 Å². The zero-order chi connectivity index (χ0) is 13.5. The molecule has 1 heterocycles. The molecule has 0 bridgehead atoms. The number of amides is 1. The molecule has 0 aromatic heterocycles. The number of halogens is 1. The largest absolute Gasteiger partial charge is 0.493 e. The molecular formula is C15H23ClN2O2. The fraction of sp³-hybridized carbons (Fsp3) is 0.533. The average Bonchev–Trinajstić information content (AvgIpc) is 2.94. The molecule has 0 aliphatic carbocycles. The number of nitrogens with one attached hydrogen (secondary N) is 2. The molecule has 1 aliphatic heterocycles.